The number of amides is 2. The predicted molar refractivity (Wildman–Crippen MR) is 85.8 cm³/mol. The lowest BCUT2D eigenvalue weighted by atomic mass is 10.0. The number of aromatic nitrogens is 2. The van der Waals surface area contributed by atoms with E-state index in [-0.39, 0.29) is 23.8 Å². The number of imidazole rings is 1. The SMILES string of the molecule is CO[C@H]1CN(C(C)=O)C[C@@H]1CC(=O)N(C)CCn1ccnc1C. The fourth-order valence-electron chi connectivity index (χ4n) is 2.96. The molecule has 1 aliphatic rings. The van der Waals surface area contributed by atoms with Crippen molar-refractivity contribution < 1.29 is 14.3 Å². The van der Waals surface area contributed by atoms with Gasteiger partial charge in [0.05, 0.1) is 6.10 Å². The van der Waals surface area contributed by atoms with E-state index in [1.165, 1.54) is 0 Å². The number of carbonyl (C=O) groups is 2. The molecule has 2 amide bonds. The Morgan fingerprint density at radius 3 is 2.74 bits per heavy atom. The van der Waals surface area contributed by atoms with Gasteiger partial charge in [-0.05, 0) is 6.92 Å². The topological polar surface area (TPSA) is 67.7 Å². The van der Waals surface area contributed by atoms with Crippen LogP contribution in [0.25, 0.3) is 0 Å². The molecule has 1 aliphatic heterocycles. The zero-order chi connectivity index (χ0) is 17.0. The smallest absolute Gasteiger partial charge is 0.222 e. The van der Waals surface area contributed by atoms with E-state index in [4.69, 9.17) is 4.74 Å². The van der Waals surface area contributed by atoms with Gasteiger partial charge in [0.1, 0.15) is 5.82 Å². The standard InChI is InChI=1S/C16H26N4O3/c1-12-17-5-6-19(12)8-7-18(3)16(22)9-14-10-20(13(2)21)11-15(14)23-4/h5-6,14-15H,7-11H2,1-4H3/t14-,15-/m0/s1. The molecule has 0 aliphatic carbocycles. The summed E-state index contributed by atoms with van der Waals surface area (Å²) < 4.78 is 7.47. The fraction of sp³-hybridized carbons (Fsp3) is 0.688. The third-order valence-electron chi connectivity index (χ3n) is 4.59. The summed E-state index contributed by atoms with van der Waals surface area (Å²) in [4.78, 5) is 31.6. The molecule has 0 spiro atoms. The highest BCUT2D eigenvalue weighted by Crippen LogP contribution is 2.23. The zero-order valence-corrected chi connectivity index (χ0v) is 14.4. The predicted octanol–water partition coefficient (Wildman–Crippen LogP) is 0.533. The van der Waals surface area contributed by atoms with Crippen molar-refractivity contribution in [3.8, 4) is 0 Å². The van der Waals surface area contributed by atoms with Gasteiger partial charge in [-0.15, -0.1) is 0 Å². The Balaban J connectivity index is 1.85. The van der Waals surface area contributed by atoms with E-state index < -0.39 is 0 Å². The van der Waals surface area contributed by atoms with Crippen LogP contribution < -0.4 is 0 Å². The number of carbonyl (C=O) groups excluding carboxylic acids is 2. The summed E-state index contributed by atoms with van der Waals surface area (Å²) in [5.74, 6) is 1.12. The number of aryl methyl sites for hydroxylation is 1. The number of nitrogens with zero attached hydrogens (tertiary/aromatic N) is 4. The van der Waals surface area contributed by atoms with Gasteiger partial charge in [-0.2, -0.15) is 0 Å². The van der Waals surface area contributed by atoms with Crippen LogP contribution >= 0.6 is 0 Å². The van der Waals surface area contributed by atoms with Gasteiger partial charge < -0.3 is 19.1 Å². The maximum absolute atomic E-state index is 12.4. The third kappa shape index (κ3) is 4.31. The summed E-state index contributed by atoms with van der Waals surface area (Å²) in [5.41, 5.74) is 0. The number of rotatable bonds is 6. The van der Waals surface area contributed by atoms with Gasteiger partial charge in [-0.3, -0.25) is 9.59 Å². The minimum Gasteiger partial charge on any atom is -0.379 e. The van der Waals surface area contributed by atoms with Crippen molar-refractivity contribution in [3.05, 3.63) is 18.2 Å². The second kappa shape index (κ2) is 7.59. The van der Waals surface area contributed by atoms with Gasteiger partial charge >= 0.3 is 0 Å². The maximum atomic E-state index is 12.4. The molecule has 0 saturated carbocycles. The van der Waals surface area contributed by atoms with E-state index in [9.17, 15) is 9.59 Å². The second-order valence-electron chi connectivity index (χ2n) is 6.15. The minimum absolute atomic E-state index is 0.0333. The molecule has 1 fully saturated rings. The van der Waals surface area contributed by atoms with E-state index >= 15 is 0 Å². The number of likely N-dealkylation sites (tertiary alicyclic amines) is 1. The molecule has 1 aromatic heterocycles. The first-order valence-electron chi connectivity index (χ1n) is 7.92. The van der Waals surface area contributed by atoms with Crippen LogP contribution in [0.1, 0.15) is 19.2 Å². The quantitative estimate of drug-likeness (QED) is 0.766. The second-order valence-corrected chi connectivity index (χ2v) is 6.15. The van der Waals surface area contributed by atoms with Crippen molar-refractivity contribution in [3.63, 3.8) is 0 Å². The van der Waals surface area contributed by atoms with Crippen LogP contribution in [-0.2, 0) is 20.9 Å². The zero-order valence-electron chi connectivity index (χ0n) is 14.4. The fourth-order valence-corrected chi connectivity index (χ4v) is 2.96. The van der Waals surface area contributed by atoms with E-state index in [0.717, 1.165) is 12.4 Å². The monoisotopic (exact) mass is 322 g/mol. The molecule has 7 heteroatoms. The summed E-state index contributed by atoms with van der Waals surface area (Å²) in [5, 5.41) is 0. The Morgan fingerprint density at radius 2 is 2.17 bits per heavy atom. The van der Waals surface area contributed by atoms with Crippen molar-refractivity contribution in [2.75, 3.05) is 33.8 Å². The molecule has 0 unspecified atom stereocenters. The minimum atomic E-state index is -0.0628. The van der Waals surface area contributed by atoms with Crippen LogP contribution in [0.3, 0.4) is 0 Å². The molecule has 0 radical (unpaired) electrons. The van der Waals surface area contributed by atoms with Gasteiger partial charge in [0.2, 0.25) is 11.8 Å². The van der Waals surface area contributed by atoms with Crippen molar-refractivity contribution >= 4 is 11.8 Å². The van der Waals surface area contributed by atoms with E-state index in [1.54, 1.807) is 30.0 Å². The Bertz CT molecular complexity index is 557. The molecule has 128 valence electrons. The number of hydrogen-bond acceptors (Lipinski definition) is 4. The molecule has 7 nitrogen and oxygen atoms in total. The summed E-state index contributed by atoms with van der Waals surface area (Å²) >= 11 is 0. The van der Waals surface area contributed by atoms with Gasteiger partial charge in [0, 0.05) is 72.0 Å². The first-order valence-corrected chi connectivity index (χ1v) is 7.92. The van der Waals surface area contributed by atoms with E-state index in [0.29, 0.717) is 26.1 Å². The summed E-state index contributed by atoms with van der Waals surface area (Å²) in [6.45, 7) is 6.02. The van der Waals surface area contributed by atoms with Crippen LogP contribution in [0, 0.1) is 12.8 Å². The van der Waals surface area contributed by atoms with Crippen molar-refractivity contribution in [1.82, 2.24) is 19.4 Å². The lowest BCUT2D eigenvalue weighted by Crippen LogP contribution is -2.34. The molecule has 2 atom stereocenters. The summed E-state index contributed by atoms with van der Waals surface area (Å²) in [7, 11) is 3.45. The van der Waals surface area contributed by atoms with Gasteiger partial charge in [0.25, 0.3) is 0 Å². The van der Waals surface area contributed by atoms with Crippen molar-refractivity contribution in [2.24, 2.45) is 5.92 Å². The van der Waals surface area contributed by atoms with Crippen molar-refractivity contribution in [1.29, 1.82) is 0 Å². The van der Waals surface area contributed by atoms with E-state index in [1.807, 2.05) is 24.7 Å². The Hall–Kier alpha value is -1.89. The molecule has 1 aromatic rings. The normalized spacial score (nSPS) is 20.8. The van der Waals surface area contributed by atoms with Crippen LogP contribution in [0.4, 0.5) is 0 Å². The van der Waals surface area contributed by atoms with Crippen LogP contribution in [0.2, 0.25) is 0 Å². The molecular formula is C16H26N4O3. The lowest BCUT2D eigenvalue weighted by Gasteiger charge is -2.22. The van der Waals surface area contributed by atoms with Crippen LogP contribution in [0.15, 0.2) is 12.4 Å². The molecule has 2 heterocycles. The maximum Gasteiger partial charge on any atom is 0.222 e. The van der Waals surface area contributed by atoms with Crippen molar-refractivity contribution in [2.45, 2.75) is 32.9 Å². The molecule has 0 aromatic carbocycles. The molecule has 1 saturated heterocycles. The first kappa shape index (κ1) is 17.5. The summed E-state index contributed by atoms with van der Waals surface area (Å²) in [6.07, 6.45) is 4.01. The van der Waals surface area contributed by atoms with E-state index in [2.05, 4.69) is 4.98 Å². The third-order valence-corrected chi connectivity index (χ3v) is 4.59. The molecular weight excluding hydrogens is 296 g/mol. The molecule has 0 bridgehead atoms. The highest BCUT2D eigenvalue weighted by Gasteiger charge is 2.35. The Morgan fingerprint density at radius 1 is 1.43 bits per heavy atom. The van der Waals surface area contributed by atoms with Gasteiger partial charge in [-0.25, -0.2) is 4.98 Å². The average Bonchev–Trinajstić information content (AvgIpc) is 3.10. The highest BCUT2D eigenvalue weighted by molar-refractivity contribution is 5.77. The van der Waals surface area contributed by atoms with Crippen LogP contribution in [-0.4, -0.2) is 71.1 Å². The van der Waals surface area contributed by atoms with Gasteiger partial charge in [-0.1, -0.05) is 0 Å². The van der Waals surface area contributed by atoms with Gasteiger partial charge in [0.15, 0.2) is 0 Å². The summed E-state index contributed by atoms with van der Waals surface area (Å²) in [6, 6.07) is 0. The Kier molecular flexibility index (Phi) is 5.76. The lowest BCUT2D eigenvalue weighted by molar-refractivity contribution is -0.132. The average molecular weight is 322 g/mol. The number of likely N-dealkylation sites (N-methyl/N-ethyl adjacent to an activating group) is 1. The number of methoxy groups -OCH3 is 1. The van der Waals surface area contributed by atoms with Crippen LogP contribution in [0.5, 0.6) is 0 Å². The molecule has 0 N–H and O–H groups in total. The number of hydrogen-bond donors (Lipinski definition) is 0. The first-order chi connectivity index (χ1) is 10.9. The Labute approximate surface area is 137 Å². The largest absolute Gasteiger partial charge is 0.379 e. The number of ether oxygens (including phenoxy) is 1. The molecule has 2 rings (SSSR count). The molecule has 23 heavy (non-hydrogen) atoms. The highest BCUT2D eigenvalue weighted by atomic mass is 16.5.